The molecular weight excluding hydrogens is 394 g/mol. The van der Waals surface area contributed by atoms with E-state index in [1.165, 1.54) is 4.31 Å². The Morgan fingerprint density at radius 3 is 2.66 bits per heavy atom. The van der Waals surface area contributed by atoms with E-state index in [-0.39, 0.29) is 12.5 Å². The number of fused-ring (bicyclic) bond motifs is 1. The van der Waals surface area contributed by atoms with E-state index in [1.54, 1.807) is 34.7 Å². The third-order valence-corrected chi connectivity index (χ3v) is 7.46. The minimum atomic E-state index is -3.60. The van der Waals surface area contributed by atoms with E-state index in [2.05, 4.69) is 10.3 Å². The monoisotopic (exact) mass is 419 g/mol. The van der Waals surface area contributed by atoms with E-state index in [1.807, 2.05) is 6.07 Å². The van der Waals surface area contributed by atoms with Crippen molar-refractivity contribution in [2.24, 2.45) is 0 Å². The molecule has 0 unspecified atom stereocenters. The fourth-order valence-electron chi connectivity index (χ4n) is 3.75. The molecule has 0 N–H and O–H groups in total. The molecule has 1 aromatic carbocycles. The Bertz CT molecular complexity index is 998. The fraction of sp³-hybridized carbons (Fsp3) is 0.526. The molecule has 1 saturated heterocycles. The second kappa shape index (κ2) is 8.21. The minimum Gasteiger partial charge on any atom is -0.378 e. The van der Waals surface area contributed by atoms with Crippen LogP contribution in [0.5, 0.6) is 0 Å². The average molecular weight is 420 g/mol. The van der Waals surface area contributed by atoms with E-state index in [0.717, 1.165) is 11.3 Å². The van der Waals surface area contributed by atoms with Crippen LogP contribution in [0.1, 0.15) is 23.4 Å². The fourth-order valence-corrected chi connectivity index (χ4v) is 5.37. The number of aryl methyl sites for hydroxylation is 2. The van der Waals surface area contributed by atoms with Gasteiger partial charge < -0.3 is 9.64 Å². The smallest absolute Gasteiger partial charge is 0.243 e. The van der Waals surface area contributed by atoms with E-state index >= 15 is 0 Å². The molecule has 2 aliphatic heterocycles. The van der Waals surface area contributed by atoms with Crippen LogP contribution in [0.25, 0.3) is 0 Å². The van der Waals surface area contributed by atoms with Crippen molar-refractivity contribution in [3.05, 3.63) is 41.2 Å². The summed E-state index contributed by atoms with van der Waals surface area (Å²) in [5, 5.41) is 8.37. The van der Waals surface area contributed by atoms with E-state index in [0.29, 0.717) is 62.8 Å². The van der Waals surface area contributed by atoms with Crippen molar-refractivity contribution in [2.75, 3.05) is 32.8 Å². The molecule has 9 nitrogen and oxygen atoms in total. The Hall–Kier alpha value is -2.30. The predicted molar refractivity (Wildman–Crippen MR) is 105 cm³/mol. The Kier molecular flexibility index (Phi) is 5.66. The summed E-state index contributed by atoms with van der Waals surface area (Å²) in [6.07, 6.45) is 0.778. The lowest BCUT2D eigenvalue weighted by atomic mass is 10.1. The first-order valence-electron chi connectivity index (χ1n) is 9.79. The van der Waals surface area contributed by atoms with Gasteiger partial charge in [-0.2, -0.15) is 4.31 Å². The van der Waals surface area contributed by atoms with Gasteiger partial charge in [0.05, 0.1) is 42.6 Å². The molecule has 1 aromatic heterocycles. The third-order valence-electron chi connectivity index (χ3n) is 5.46. The van der Waals surface area contributed by atoms with Crippen LogP contribution >= 0.6 is 0 Å². The molecule has 4 rings (SSSR count). The highest BCUT2D eigenvalue weighted by Crippen LogP contribution is 2.25. The molecule has 1 fully saturated rings. The Labute approximate surface area is 170 Å². The molecular formula is C19H25N5O4S. The number of sulfonamides is 1. The van der Waals surface area contributed by atoms with E-state index in [9.17, 15) is 13.2 Å². The topological polar surface area (TPSA) is 97.6 Å². The highest BCUT2D eigenvalue weighted by atomic mass is 32.2. The van der Waals surface area contributed by atoms with Gasteiger partial charge in [-0.15, -0.1) is 5.10 Å². The molecule has 3 heterocycles. The number of ether oxygens (including phenoxy) is 1. The number of carbonyl (C=O) groups is 1. The summed E-state index contributed by atoms with van der Waals surface area (Å²) >= 11 is 0. The highest BCUT2D eigenvalue weighted by Gasteiger charge is 2.32. The summed E-state index contributed by atoms with van der Waals surface area (Å²) < 4.78 is 34.8. The number of rotatable bonds is 5. The number of aromatic nitrogens is 3. The normalized spacial score (nSPS) is 17.9. The number of nitrogens with zero attached hydrogens (tertiary/aromatic N) is 5. The van der Waals surface area contributed by atoms with Gasteiger partial charge in [-0.3, -0.25) is 4.79 Å². The maximum atomic E-state index is 13.1. The summed E-state index contributed by atoms with van der Waals surface area (Å²) in [6, 6.07) is 6.99. The van der Waals surface area contributed by atoms with Crippen LogP contribution in [-0.2, 0) is 39.1 Å². The van der Waals surface area contributed by atoms with Crippen LogP contribution in [0.3, 0.4) is 0 Å². The number of amides is 1. The first-order valence-corrected chi connectivity index (χ1v) is 11.2. The van der Waals surface area contributed by atoms with E-state index in [4.69, 9.17) is 4.74 Å². The summed E-state index contributed by atoms with van der Waals surface area (Å²) in [4.78, 5) is 14.5. The Balaban J connectivity index is 1.47. The first kappa shape index (κ1) is 20.0. The van der Waals surface area contributed by atoms with Crippen LogP contribution in [-0.4, -0.2) is 71.4 Å². The van der Waals surface area contributed by atoms with Crippen LogP contribution in [0.2, 0.25) is 0 Å². The van der Waals surface area contributed by atoms with Gasteiger partial charge in [0.1, 0.15) is 0 Å². The van der Waals surface area contributed by atoms with Crippen LogP contribution in [0.4, 0.5) is 0 Å². The molecule has 0 aliphatic carbocycles. The molecule has 1 amide bonds. The predicted octanol–water partition coefficient (Wildman–Crippen LogP) is 0.582. The van der Waals surface area contributed by atoms with Crippen LogP contribution < -0.4 is 0 Å². The van der Waals surface area contributed by atoms with Crippen LogP contribution in [0.15, 0.2) is 29.2 Å². The molecule has 0 spiro atoms. The van der Waals surface area contributed by atoms with Gasteiger partial charge in [-0.05, 0) is 18.6 Å². The van der Waals surface area contributed by atoms with Crippen molar-refractivity contribution in [1.82, 2.24) is 24.2 Å². The lowest BCUT2D eigenvalue weighted by molar-refractivity contribution is -0.135. The second-order valence-electron chi connectivity index (χ2n) is 7.30. The number of carbonyl (C=O) groups excluding carboxylic acids is 1. The van der Waals surface area contributed by atoms with Crippen molar-refractivity contribution in [2.45, 2.75) is 37.8 Å². The highest BCUT2D eigenvalue weighted by molar-refractivity contribution is 7.89. The van der Waals surface area contributed by atoms with E-state index < -0.39 is 10.0 Å². The number of benzene rings is 1. The largest absolute Gasteiger partial charge is 0.378 e. The summed E-state index contributed by atoms with van der Waals surface area (Å²) in [7, 11) is -3.60. The molecule has 10 heteroatoms. The molecule has 2 aliphatic rings. The third kappa shape index (κ3) is 4.05. The van der Waals surface area contributed by atoms with Gasteiger partial charge in [0.15, 0.2) is 0 Å². The van der Waals surface area contributed by atoms with Gasteiger partial charge in [-0.25, -0.2) is 13.1 Å². The van der Waals surface area contributed by atoms with Gasteiger partial charge in [0.25, 0.3) is 0 Å². The number of hydrogen-bond acceptors (Lipinski definition) is 6. The molecule has 0 bridgehead atoms. The molecule has 2 aromatic rings. The molecule has 0 atom stereocenters. The number of morpholine rings is 1. The van der Waals surface area contributed by atoms with Gasteiger partial charge in [0, 0.05) is 32.5 Å². The lowest BCUT2D eigenvalue weighted by Gasteiger charge is -2.28. The maximum absolute atomic E-state index is 13.1. The van der Waals surface area contributed by atoms with Crippen molar-refractivity contribution < 1.29 is 17.9 Å². The minimum absolute atomic E-state index is 0.0650. The summed E-state index contributed by atoms with van der Waals surface area (Å²) in [5.41, 5.74) is 2.18. The molecule has 156 valence electrons. The molecule has 0 radical (unpaired) electrons. The zero-order chi connectivity index (χ0) is 20.4. The van der Waals surface area contributed by atoms with Gasteiger partial charge in [0.2, 0.25) is 15.9 Å². The maximum Gasteiger partial charge on any atom is 0.243 e. The number of hydrogen-bond donors (Lipinski definition) is 0. The van der Waals surface area contributed by atoms with Crippen molar-refractivity contribution in [3.63, 3.8) is 0 Å². The van der Waals surface area contributed by atoms with Crippen molar-refractivity contribution in [3.8, 4) is 0 Å². The Morgan fingerprint density at radius 2 is 1.90 bits per heavy atom. The molecule has 0 saturated carbocycles. The lowest BCUT2D eigenvalue weighted by Crippen LogP contribution is -2.41. The second-order valence-corrected chi connectivity index (χ2v) is 9.21. The van der Waals surface area contributed by atoms with Gasteiger partial charge >= 0.3 is 0 Å². The summed E-state index contributed by atoms with van der Waals surface area (Å²) in [5.74, 6) is 0.0650. The zero-order valence-corrected chi connectivity index (χ0v) is 17.3. The SMILES string of the molecule is Cc1ccccc1S(=O)(=O)N1CCn2nnc(CCC(=O)N3CCOCC3)c2C1. The average Bonchev–Trinajstić information content (AvgIpc) is 3.15. The van der Waals surface area contributed by atoms with Crippen molar-refractivity contribution in [1.29, 1.82) is 0 Å². The van der Waals surface area contributed by atoms with Gasteiger partial charge in [-0.1, -0.05) is 23.4 Å². The standard InChI is InChI=1S/C19H25N5O4S/c1-15-4-2-3-5-18(15)29(26,27)23-8-9-24-17(14-23)16(20-21-24)6-7-19(25)22-10-12-28-13-11-22/h2-5H,6-14H2,1H3. The summed E-state index contributed by atoms with van der Waals surface area (Å²) in [6.45, 7) is 5.17. The van der Waals surface area contributed by atoms with Crippen molar-refractivity contribution >= 4 is 15.9 Å². The Morgan fingerprint density at radius 1 is 1.14 bits per heavy atom. The zero-order valence-electron chi connectivity index (χ0n) is 16.5. The quantitative estimate of drug-likeness (QED) is 0.703. The first-order chi connectivity index (χ1) is 14.0. The molecule has 29 heavy (non-hydrogen) atoms. The van der Waals surface area contributed by atoms with Crippen LogP contribution in [0, 0.1) is 6.92 Å².